The maximum atomic E-state index is 12.8. The van der Waals surface area contributed by atoms with Gasteiger partial charge in [0.25, 0.3) is 10.0 Å². The van der Waals surface area contributed by atoms with E-state index in [1.807, 2.05) is 31.2 Å². The molecule has 3 rings (SSSR count). The Labute approximate surface area is 172 Å². The zero-order chi connectivity index (χ0) is 19.4. The number of amides is 1. The average Bonchev–Trinajstić information content (AvgIpc) is 2.91. The van der Waals surface area contributed by atoms with E-state index in [9.17, 15) is 13.2 Å². The minimum absolute atomic E-state index is 0.191. The molecule has 1 heterocycles. The van der Waals surface area contributed by atoms with Gasteiger partial charge in [0.2, 0.25) is 5.91 Å². The molecule has 1 amide bonds. The van der Waals surface area contributed by atoms with Gasteiger partial charge in [-0.25, -0.2) is 8.42 Å². The quantitative estimate of drug-likeness (QED) is 0.599. The molecular formula is C19H20IN3O3S. The molecule has 1 aliphatic heterocycles. The summed E-state index contributed by atoms with van der Waals surface area (Å²) in [6.07, 6.45) is 2.27. The summed E-state index contributed by atoms with van der Waals surface area (Å²) in [7, 11) is -3.62. The molecule has 2 N–H and O–H groups in total. The second kappa shape index (κ2) is 8.39. The second-order valence-electron chi connectivity index (χ2n) is 6.23. The Hall–Kier alpha value is -1.94. The van der Waals surface area contributed by atoms with Crippen molar-refractivity contribution in [2.75, 3.05) is 5.32 Å². The number of anilines is 1. The Kier molecular flexibility index (Phi) is 6.15. The first kappa shape index (κ1) is 19.8. The number of hydrogen-bond acceptors (Lipinski definition) is 4. The molecule has 2 aromatic carbocycles. The zero-order valence-electron chi connectivity index (χ0n) is 14.8. The lowest BCUT2D eigenvalue weighted by atomic mass is 10.1. The number of rotatable bonds is 6. The number of aliphatic imine (C=N–C) groups is 1. The third kappa shape index (κ3) is 4.67. The highest BCUT2D eigenvalue weighted by molar-refractivity contribution is 14.1. The number of unbranched alkanes of at least 4 members (excludes halogenated alkanes) is 1. The first-order chi connectivity index (χ1) is 12.9. The van der Waals surface area contributed by atoms with Crippen LogP contribution in [0.1, 0.15) is 31.7 Å². The van der Waals surface area contributed by atoms with E-state index < -0.39 is 16.1 Å². The van der Waals surface area contributed by atoms with Gasteiger partial charge in [-0.1, -0.05) is 31.9 Å². The predicted molar refractivity (Wildman–Crippen MR) is 114 cm³/mol. The van der Waals surface area contributed by atoms with E-state index in [0.717, 1.165) is 16.4 Å². The zero-order valence-corrected chi connectivity index (χ0v) is 17.7. The van der Waals surface area contributed by atoms with Gasteiger partial charge in [-0.05, 0) is 65.4 Å². The molecule has 0 spiro atoms. The lowest BCUT2D eigenvalue weighted by molar-refractivity contribution is -0.117. The molecule has 0 saturated heterocycles. The highest BCUT2D eigenvalue weighted by Crippen LogP contribution is 2.23. The first-order valence-electron chi connectivity index (χ1n) is 8.67. The number of benzene rings is 2. The van der Waals surface area contributed by atoms with Gasteiger partial charge in [-0.2, -0.15) is 0 Å². The molecule has 6 nitrogen and oxygen atoms in total. The largest absolute Gasteiger partial charge is 0.324 e. The molecule has 27 heavy (non-hydrogen) atoms. The Bertz CT molecular complexity index is 972. The van der Waals surface area contributed by atoms with E-state index in [0.29, 0.717) is 17.7 Å². The van der Waals surface area contributed by atoms with E-state index in [1.54, 1.807) is 18.2 Å². The van der Waals surface area contributed by atoms with Crippen LogP contribution in [0.3, 0.4) is 0 Å². The maximum Gasteiger partial charge on any atom is 0.263 e. The fraction of sp³-hybridized carbons (Fsp3) is 0.263. The van der Waals surface area contributed by atoms with Gasteiger partial charge in [0.05, 0.1) is 4.90 Å². The number of carbonyl (C=O) groups excluding carboxylic acids is 1. The van der Waals surface area contributed by atoms with Crippen LogP contribution in [-0.2, 0) is 14.8 Å². The number of halogens is 1. The normalized spacial score (nSPS) is 17.2. The van der Waals surface area contributed by atoms with Crippen molar-refractivity contribution in [3.8, 4) is 0 Å². The van der Waals surface area contributed by atoms with Gasteiger partial charge in [0, 0.05) is 14.8 Å². The van der Waals surface area contributed by atoms with Crippen LogP contribution in [-0.4, -0.2) is 26.2 Å². The van der Waals surface area contributed by atoms with E-state index in [2.05, 4.69) is 37.6 Å². The lowest BCUT2D eigenvalue weighted by Gasteiger charge is -2.14. The van der Waals surface area contributed by atoms with Crippen molar-refractivity contribution in [1.82, 2.24) is 4.72 Å². The van der Waals surface area contributed by atoms with Crippen molar-refractivity contribution >= 4 is 50.0 Å². The number of nitrogens with one attached hydrogen (secondary N) is 2. The van der Waals surface area contributed by atoms with Crippen molar-refractivity contribution in [3.63, 3.8) is 0 Å². The molecule has 0 bridgehead atoms. The summed E-state index contributed by atoms with van der Waals surface area (Å²) in [6.45, 7) is 2.04. The number of carbonyl (C=O) groups is 1. The summed E-state index contributed by atoms with van der Waals surface area (Å²) < 4.78 is 28.1. The monoisotopic (exact) mass is 497 g/mol. The predicted octanol–water partition coefficient (Wildman–Crippen LogP) is 3.53. The lowest BCUT2D eigenvalue weighted by Crippen LogP contribution is -2.30. The van der Waals surface area contributed by atoms with Crippen molar-refractivity contribution < 1.29 is 13.2 Å². The fourth-order valence-corrected chi connectivity index (χ4v) is 4.39. The SMILES string of the molecule is CCCCC(N=C1NS(=O)(=O)c2ccccc21)C(=O)Nc1ccc(I)cc1. The third-order valence-electron chi connectivity index (χ3n) is 4.19. The number of nitrogens with zero attached hydrogens (tertiary/aromatic N) is 1. The molecule has 0 radical (unpaired) electrons. The van der Waals surface area contributed by atoms with E-state index in [1.165, 1.54) is 6.07 Å². The standard InChI is InChI=1S/C19H20IN3O3S/c1-2-3-7-16(19(24)21-14-11-9-13(20)10-12-14)22-18-15-6-4-5-8-17(15)27(25,26)23-18/h4-6,8-12,16H,2-3,7H2,1H3,(H,21,24)(H,22,23). The summed E-state index contributed by atoms with van der Waals surface area (Å²) in [6, 6.07) is 13.5. The molecule has 2 aromatic rings. The highest BCUT2D eigenvalue weighted by atomic mass is 127. The Morgan fingerprint density at radius 1 is 1.19 bits per heavy atom. The number of amidine groups is 1. The number of sulfonamides is 1. The summed E-state index contributed by atoms with van der Waals surface area (Å²) in [5.41, 5.74) is 1.19. The maximum absolute atomic E-state index is 12.8. The molecule has 0 aromatic heterocycles. The van der Waals surface area contributed by atoms with E-state index in [4.69, 9.17) is 0 Å². The van der Waals surface area contributed by atoms with Crippen molar-refractivity contribution in [2.24, 2.45) is 4.99 Å². The van der Waals surface area contributed by atoms with Gasteiger partial charge in [0.15, 0.2) is 0 Å². The smallest absolute Gasteiger partial charge is 0.263 e. The molecule has 142 valence electrons. The summed E-state index contributed by atoms with van der Waals surface area (Å²) >= 11 is 2.20. The van der Waals surface area contributed by atoms with Gasteiger partial charge < -0.3 is 5.32 Å². The van der Waals surface area contributed by atoms with Gasteiger partial charge in [-0.3, -0.25) is 14.5 Å². The van der Waals surface area contributed by atoms with Crippen molar-refractivity contribution in [1.29, 1.82) is 0 Å². The summed E-state index contributed by atoms with van der Waals surface area (Å²) in [5, 5.41) is 2.87. The number of fused-ring (bicyclic) bond motifs is 1. The molecule has 0 saturated carbocycles. The summed E-state index contributed by atoms with van der Waals surface area (Å²) in [4.78, 5) is 17.4. The molecule has 1 atom stereocenters. The first-order valence-corrected chi connectivity index (χ1v) is 11.2. The van der Waals surface area contributed by atoms with E-state index in [-0.39, 0.29) is 16.6 Å². The highest BCUT2D eigenvalue weighted by Gasteiger charge is 2.31. The second-order valence-corrected chi connectivity index (χ2v) is 9.13. The molecule has 8 heteroatoms. The van der Waals surface area contributed by atoms with Crippen LogP contribution in [0.4, 0.5) is 5.69 Å². The van der Waals surface area contributed by atoms with Gasteiger partial charge in [-0.15, -0.1) is 0 Å². The van der Waals surface area contributed by atoms with E-state index >= 15 is 0 Å². The molecule has 1 unspecified atom stereocenters. The molecule has 0 aliphatic carbocycles. The molecular weight excluding hydrogens is 477 g/mol. The van der Waals surface area contributed by atoms with Crippen LogP contribution < -0.4 is 10.0 Å². The van der Waals surface area contributed by atoms with Crippen LogP contribution in [0.15, 0.2) is 58.4 Å². The van der Waals surface area contributed by atoms with Crippen LogP contribution in [0.25, 0.3) is 0 Å². The van der Waals surface area contributed by atoms with Crippen LogP contribution in [0.2, 0.25) is 0 Å². The Morgan fingerprint density at radius 3 is 2.59 bits per heavy atom. The Balaban J connectivity index is 1.88. The summed E-state index contributed by atoms with van der Waals surface area (Å²) in [5.74, 6) is -0.0230. The number of hydrogen-bond donors (Lipinski definition) is 2. The fourth-order valence-electron chi connectivity index (χ4n) is 2.80. The Morgan fingerprint density at radius 2 is 1.89 bits per heavy atom. The minimum atomic E-state index is -3.62. The average molecular weight is 497 g/mol. The van der Waals surface area contributed by atoms with Gasteiger partial charge in [0.1, 0.15) is 11.9 Å². The van der Waals surface area contributed by atoms with Crippen LogP contribution in [0.5, 0.6) is 0 Å². The van der Waals surface area contributed by atoms with Crippen molar-refractivity contribution in [2.45, 2.75) is 37.1 Å². The minimum Gasteiger partial charge on any atom is -0.324 e. The van der Waals surface area contributed by atoms with Crippen LogP contribution in [0, 0.1) is 3.57 Å². The molecule has 1 aliphatic rings. The third-order valence-corrected chi connectivity index (χ3v) is 6.31. The van der Waals surface area contributed by atoms with Crippen molar-refractivity contribution in [3.05, 3.63) is 57.7 Å². The van der Waals surface area contributed by atoms with Crippen LogP contribution >= 0.6 is 22.6 Å². The van der Waals surface area contributed by atoms with Gasteiger partial charge >= 0.3 is 0 Å². The molecule has 0 fully saturated rings. The topological polar surface area (TPSA) is 87.6 Å².